The number of nitrogens with zero attached hydrogens (tertiary/aromatic N) is 6. The van der Waals surface area contributed by atoms with Crippen molar-refractivity contribution in [3.8, 4) is 23.0 Å². The first-order chi connectivity index (χ1) is 22.5. The second-order valence-electron chi connectivity index (χ2n) is 9.80. The van der Waals surface area contributed by atoms with Crippen molar-refractivity contribution in [1.82, 2.24) is 29.5 Å². The molecule has 3 aromatic heterocycles. The van der Waals surface area contributed by atoms with Gasteiger partial charge in [-0.05, 0) is 50.6 Å². The Morgan fingerprint density at radius 3 is 2.75 bits per heavy atom. The summed E-state index contributed by atoms with van der Waals surface area (Å²) in [5.41, 5.74) is 1.65. The first-order valence-corrected chi connectivity index (χ1v) is 13.8. The third kappa shape index (κ3) is 5.92. The van der Waals surface area contributed by atoms with Crippen LogP contribution in [-0.4, -0.2) is 69.2 Å². The summed E-state index contributed by atoms with van der Waals surface area (Å²) in [5, 5.41) is 10.5. The van der Waals surface area contributed by atoms with Gasteiger partial charge >= 0.3 is 0 Å². The van der Waals surface area contributed by atoms with Crippen LogP contribution in [-0.2, 0) is 4.79 Å². The summed E-state index contributed by atoms with van der Waals surface area (Å²) in [6, 6.07) is 9.03. The van der Waals surface area contributed by atoms with Crippen molar-refractivity contribution >= 4 is 51.3 Å². The van der Waals surface area contributed by atoms with E-state index in [1.807, 2.05) is 0 Å². The number of aromatic nitrogens is 5. The normalized spacial score (nSPS) is 16.8. The van der Waals surface area contributed by atoms with Gasteiger partial charge in [-0.25, -0.2) is 23.9 Å². The molecule has 5 aromatic rings. The molecule has 14 heteroatoms. The summed E-state index contributed by atoms with van der Waals surface area (Å²) in [7, 11) is 2.89. The molecule has 6 rings (SSSR count). The molecule has 44 heavy (non-hydrogen) atoms. The number of pyridine rings is 1. The molecule has 1 unspecified atom stereocenters. The lowest BCUT2D eigenvalue weighted by atomic mass is 10.1. The number of hydrogen-bond acceptors (Lipinski definition) is 10. The SMILES string of the molecule is [2H]C([2H])([2H])N1CCCC1C=C(F)C(=O)Nc1cc2c(Nc3cc(Cl)c(Oc4ccn5ncnc5c4)cc3OC)ncnc2cc1OC. The number of carbonyl (C=O) groups excluding carboxylic acids is 1. The van der Waals surface area contributed by atoms with Crippen LogP contribution >= 0.6 is 11.6 Å². The average molecular weight is 622 g/mol. The van der Waals surface area contributed by atoms with E-state index in [2.05, 4.69) is 30.7 Å². The van der Waals surface area contributed by atoms with Gasteiger partial charge in [0.25, 0.3) is 5.91 Å². The van der Waals surface area contributed by atoms with Crippen molar-refractivity contribution in [3.63, 3.8) is 0 Å². The summed E-state index contributed by atoms with van der Waals surface area (Å²) in [6.45, 7) is -2.11. The van der Waals surface area contributed by atoms with Gasteiger partial charge in [-0.3, -0.25) is 9.69 Å². The summed E-state index contributed by atoms with van der Waals surface area (Å²) < 4.78 is 56.8. The monoisotopic (exact) mass is 621 g/mol. The quantitative estimate of drug-likeness (QED) is 0.196. The number of carbonyl (C=O) groups is 1. The maximum absolute atomic E-state index is 15.1. The Labute approximate surface area is 260 Å². The van der Waals surface area contributed by atoms with Gasteiger partial charge in [0.2, 0.25) is 0 Å². The van der Waals surface area contributed by atoms with E-state index in [1.54, 1.807) is 41.0 Å². The number of ether oxygens (including phenoxy) is 3. The highest BCUT2D eigenvalue weighted by Gasteiger charge is 2.22. The highest BCUT2D eigenvalue weighted by atomic mass is 35.5. The van der Waals surface area contributed by atoms with Crippen LogP contribution in [0, 0.1) is 0 Å². The van der Waals surface area contributed by atoms with Crippen LogP contribution in [0.15, 0.2) is 67.2 Å². The van der Waals surface area contributed by atoms with Crippen molar-refractivity contribution in [2.75, 3.05) is 38.4 Å². The van der Waals surface area contributed by atoms with Crippen LogP contribution in [0.5, 0.6) is 23.0 Å². The van der Waals surface area contributed by atoms with Crippen LogP contribution in [0.2, 0.25) is 5.02 Å². The number of likely N-dealkylation sites (tertiary alicyclic amines) is 1. The first kappa shape index (κ1) is 25.5. The molecular formula is C30H28ClFN8O4. The highest BCUT2D eigenvalue weighted by Crippen LogP contribution is 2.41. The summed E-state index contributed by atoms with van der Waals surface area (Å²) in [6.07, 6.45) is 6.52. The molecule has 0 bridgehead atoms. The average Bonchev–Trinajstić information content (AvgIpc) is 3.72. The fourth-order valence-corrected chi connectivity index (χ4v) is 5.04. The molecule has 0 saturated carbocycles. The third-order valence-electron chi connectivity index (χ3n) is 7.05. The van der Waals surface area contributed by atoms with Crippen LogP contribution < -0.4 is 24.8 Å². The summed E-state index contributed by atoms with van der Waals surface area (Å²) >= 11 is 6.61. The number of nitrogens with one attached hydrogen (secondary N) is 2. The molecule has 1 aliphatic heterocycles. The van der Waals surface area contributed by atoms with Gasteiger partial charge in [0.1, 0.15) is 41.5 Å². The van der Waals surface area contributed by atoms with Gasteiger partial charge in [-0.15, -0.1) is 0 Å². The van der Waals surface area contributed by atoms with Crippen molar-refractivity contribution in [3.05, 3.63) is 72.2 Å². The van der Waals surface area contributed by atoms with E-state index in [9.17, 15) is 4.79 Å². The maximum atomic E-state index is 15.1. The molecule has 0 aliphatic carbocycles. The van der Waals surface area contributed by atoms with Gasteiger partial charge in [0.15, 0.2) is 11.5 Å². The van der Waals surface area contributed by atoms with Crippen LogP contribution in [0.1, 0.15) is 17.0 Å². The Bertz CT molecular complexity index is 2010. The number of anilines is 3. The van der Waals surface area contributed by atoms with E-state index >= 15 is 4.39 Å². The van der Waals surface area contributed by atoms with E-state index in [0.29, 0.717) is 58.1 Å². The molecule has 4 heterocycles. The largest absolute Gasteiger partial charge is 0.494 e. The lowest BCUT2D eigenvalue weighted by Crippen LogP contribution is -2.24. The van der Waals surface area contributed by atoms with Gasteiger partial charge in [0, 0.05) is 39.9 Å². The minimum Gasteiger partial charge on any atom is -0.494 e. The number of methoxy groups -OCH3 is 2. The van der Waals surface area contributed by atoms with Crippen LogP contribution in [0.4, 0.5) is 21.6 Å². The smallest absolute Gasteiger partial charge is 0.284 e. The number of fused-ring (bicyclic) bond motifs is 2. The van der Waals surface area contributed by atoms with E-state index in [-0.39, 0.29) is 23.0 Å². The Hall–Kier alpha value is -5.01. The zero-order valence-electron chi connectivity index (χ0n) is 26.5. The van der Waals surface area contributed by atoms with Gasteiger partial charge < -0.3 is 24.8 Å². The molecule has 0 spiro atoms. The number of likely N-dealkylation sites (N-methyl/N-ethyl adjacent to an activating group) is 1. The van der Waals surface area contributed by atoms with Crippen molar-refractivity contribution in [2.24, 2.45) is 0 Å². The predicted molar refractivity (Wildman–Crippen MR) is 164 cm³/mol. The standard InChI is InChI=1S/C30H28ClFN8O4/c1-39-7-4-5-17(39)9-21(32)30(41)38-23-11-19-22(13-26(23)42-2)33-15-35-29(19)37-24-12-20(31)25(14-27(24)43-3)44-18-6-8-40-28(10-18)34-16-36-40/h6,8-17H,4-5,7H2,1-3H3,(H,38,41)(H,33,35,37)/i1D3. The van der Waals surface area contributed by atoms with E-state index in [0.717, 1.165) is 6.08 Å². The Morgan fingerprint density at radius 2 is 1.93 bits per heavy atom. The van der Waals surface area contributed by atoms with Crippen molar-refractivity contribution in [1.29, 1.82) is 0 Å². The maximum Gasteiger partial charge on any atom is 0.284 e. The van der Waals surface area contributed by atoms with Crippen LogP contribution in [0.3, 0.4) is 0 Å². The summed E-state index contributed by atoms with van der Waals surface area (Å²) in [5.74, 6) is -0.424. The Balaban J connectivity index is 1.27. The molecule has 1 aliphatic rings. The number of benzene rings is 2. The molecule has 1 amide bonds. The molecule has 1 atom stereocenters. The fraction of sp³-hybridized carbons (Fsp3) is 0.233. The third-order valence-corrected chi connectivity index (χ3v) is 7.34. The van der Waals surface area contributed by atoms with E-state index < -0.39 is 24.8 Å². The zero-order valence-corrected chi connectivity index (χ0v) is 24.3. The van der Waals surface area contributed by atoms with Crippen molar-refractivity contribution < 1.29 is 27.5 Å². The minimum atomic E-state index is -2.40. The second kappa shape index (κ2) is 12.3. The first-order valence-electron chi connectivity index (χ1n) is 14.9. The van der Waals surface area contributed by atoms with Crippen molar-refractivity contribution in [2.45, 2.75) is 18.9 Å². The van der Waals surface area contributed by atoms with Gasteiger partial charge in [-0.2, -0.15) is 5.10 Å². The molecule has 2 aromatic carbocycles. The lowest BCUT2D eigenvalue weighted by molar-refractivity contribution is -0.114. The predicted octanol–water partition coefficient (Wildman–Crippen LogP) is 5.77. The number of hydrogen-bond donors (Lipinski definition) is 2. The highest BCUT2D eigenvalue weighted by molar-refractivity contribution is 6.32. The molecule has 0 radical (unpaired) electrons. The summed E-state index contributed by atoms with van der Waals surface area (Å²) in [4.78, 5) is 26.9. The molecule has 1 saturated heterocycles. The molecule has 12 nitrogen and oxygen atoms in total. The molecular weight excluding hydrogens is 591 g/mol. The second-order valence-corrected chi connectivity index (χ2v) is 10.2. The van der Waals surface area contributed by atoms with E-state index in [1.165, 1.54) is 37.8 Å². The number of amides is 1. The fourth-order valence-electron chi connectivity index (χ4n) is 4.84. The minimum absolute atomic E-state index is 0.142. The molecule has 1 fully saturated rings. The van der Waals surface area contributed by atoms with Gasteiger partial charge in [-0.1, -0.05) is 11.6 Å². The molecule has 2 N–H and O–H groups in total. The number of rotatable bonds is 9. The van der Waals surface area contributed by atoms with Gasteiger partial charge in [0.05, 0.1) is 36.1 Å². The Kier molecular flexibility index (Phi) is 7.13. The van der Waals surface area contributed by atoms with Crippen LogP contribution in [0.25, 0.3) is 16.6 Å². The Morgan fingerprint density at radius 1 is 1.09 bits per heavy atom. The zero-order chi connectivity index (χ0) is 33.3. The molecule has 226 valence electrons. The lowest BCUT2D eigenvalue weighted by Gasteiger charge is -2.17. The number of halogens is 2. The topological polar surface area (TPSA) is 128 Å². The van der Waals surface area contributed by atoms with E-state index in [4.69, 9.17) is 29.9 Å².